The number of rotatable bonds is 1. The van der Waals surface area contributed by atoms with E-state index in [1.807, 2.05) is 48.5 Å². The van der Waals surface area contributed by atoms with E-state index < -0.39 is 0 Å². The lowest BCUT2D eigenvalue weighted by Gasteiger charge is -2.11. The third-order valence-electron chi connectivity index (χ3n) is 2.55. The molecule has 0 amide bonds. The van der Waals surface area contributed by atoms with Crippen molar-refractivity contribution < 1.29 is 0 Å². The van der Waals surface area contributed by atoms with Crippen molar-refractivity contribution in [1.29, 1.82) is 0 Å². The summed E-state index contributed by atoms with van der Waals surface area (Å²) in [6.45, 7) is 0. The third-order valence-corrected chi connectivity index (χ3v) is 2.55. The predicted octanol–water partition coefficient (Wildman–Crippen LogP) is 3.05. The van der Waals surface area contributed by atoms with E-state index in [-0.39, 0.29) is 0 Å². The summed E-state index contributed by atoms with van der Waals surface area (Å²) in [5.74, 6) is 0.460. The van der Waals surface area contributed by atoms with Gasteiger partial charge in [0.15, 0.2) is 0 Å². The fourth-order valence-electron chi connectivity index (χ4n) is 1.77. The molecule has 3 rings (SSSR count). The highest BCUT2D eigenvalue weighted by Crippen LogP contribution is 2.23. The molecule has 0 saturated carbocycles. The minimum atomic E-state index is 0.460. The van der Waals surface area contributed by atoms with Crippen LogP contribution in [0.3, 0.4) is 0 Å². The highest BCUT2D eigenvalue weighted by atomic mass is 16.5. The minimum absolute atomic E-state index is 0.460. The van der Waals surface area contributed by atoms with Crippen LogP contribution in [0.4, 0.5) is 0 Å². The van der Waals surface area contributed by atoms with Gasteiger partial charge in [-0.25, -0.2) is 4.98 Å². The zero-order chi connectivity index (χ0) is 11.0. The van der Waals surface area contributed by atoms with Gasteiger partial charge in [0.1, 0.15) is 5.82 Å². The Kier molecular flexibility index (Phi) is 1.90. The number of para-hydroxylation sites is 2. The summed E-state index contributed by atoms with van der Waals surface area (Å²) in [4.78, 5) is 4.33. The predicted molar refractivity (Wildman–Crippen MR) is 63.9 cm³/mol. The van der Waals surface area contributed by atoms with Crippen molar-refractivity contribution >= 4 is 11.0 Å². The first-order chi connectivity index (χ1) is 7.86. The molecule has 3 aromatic rings. The van der Waals surface area contributed by atoms with Gasteiger partial charge in [0, 0.05) is 5.56 Å². The van der Waals surface area contributed by atoms with Gasteiger partial charge in [0.2, 0.25) is 0 Å². The molecule has 0 N–H and O–H groups in total. The zero-order valence-corrected chi connectivity index (χ0v) is 8.50. The number of aromatic nitrogens is 2. The summed E-state index contributed by atoms with van der Waals surface area (Å²) in [5, 5.41) is 12.0. The largest absolute Gasteiger partial charge is 0.804 e. The monoisotopic (exact) mass is 209 g/mol. The molecule has 2 aromatic carbocycles. The van der Waals surface area contributed by atoms with Gasteiger partial charge < -0.3 is 9.94 Å². The molecule has 3 heteroatoms. The molecular formula is C13H9N2O-. The van der Waals surface area contributed by atoms with Gasteiger partial charge >= 0.3 is 0 Å². The standard InChI is InChI=1S/C13H9N2O/c16-15-12-9-5-4-8-11(12)14-13(15)10-6-2-1-3-7-10/h1-9H/q-1. The van der Waals surface area contributed by atoms with Gasteiger partial charge in [-0.05, 0) is 12.1 Å². The van der Waals surface area contributed by atoms with Crippen LogP contribution in [0.5, 0.6) is 0 Å². The average molecular weight is 209 g/mol. The Morgan fingerprint density at radius 3 is 2.31 bits per heavy atom. The van der Waals surface area contributed by atoms with Gasteiger partial charge in [0.05, 0.1) is 11.0 Å². The van der Waals surface area contributed by atoms with Crippen LogP contribution in [-0.4, -0.2) is 9.71 Å². The number of fused-ring (bicyclic) bond motifs is 1. The zero-order valence-electron chi connectivity index (χ0n) is 8.50. The smallest absolute Gasteiger partial charge is 0.136 e. The molecule has 78 valence electrons. The Morgan fingerprint density at radius 1 is 0.875 bits per heavy atom. The van der Waals surface area contributed by atoms with Crippen LogP contribution in [0, 0.1) is 5.21 Å². The fraction of sp³-hybridized carbons (Fsp3) is 0. The van der Waals surface area contributed by atoms with Crippen molar-refractivity contribution in [3.05, 3.63) is 59.8 Å². The summed E-state index contributed by atoms with van der Waals surface area (Å²) >= 11 is 0. The molecule has 1 heterocycles. The van der Waals surface area contributed by atoms with E-state index in [9.17, 15) is 5.21 Å². The van der Waals surface area contributed by atoms with Crippen molar-refractivity contribution in [2.75, 3.05) is 0 Å². The lowest BCUT2D eigenvalue weighted by atomic mass is 10.2. The molecule has 0 atom stereocenters. The maximum atomic E-state index is 12.0. The molecule has 0 saturated heterocycles. The van der Waals surface area contributed by atoms with Crippen LogP contribution < -0.4 is 0 Å². The summed E-state index contributed by atoms with van der Waals surface area (Å²) in [7, 11) is 0. The molecular weight excluding hydrogens is 200 g/mol. The highest BCUT2D eigenvalue weighted by Gasteiger charge is 2.05. The maximum Gasteiger partial charge on any atom is 0.136 e. The number of nitrogens with zero attached hydrogens (tertiary/aromatic N) is 2. The number of benzene rings is 2. The van der Waals surface area contributed by atoms with Crippen LogP contribution in [-0.2, 0) is 0 Å². The van der Waals surface area contributed by atoms with Crippen molar-refractivity contribution in [1.82, 2.24) is 9.71 Å². The average Bonchev–Trinajstić information content (AvgIpc) is 2.69. The van der Waals surface area contributed by atoms with Gasteiger partial charge in [-0.1, -0.05) is 42.5 Å². The Balaban J connectivity index is 2.29. The molecule has 0 aliphatic rings. The highest BCUT2D eigenvalue weighted by molar-refractivity contribution is 5.80. The second-order valence-corrected chi connectivity index (χ2v) is 3.58. The van der Waals surface area contributed by atoms with E-state index in [4.69, 9.17) is 0 Å². The number of hydrogen-bond acceptors (Lipinski definition) is 2. The summed E-state index contributed by atoms with van der Waals surface area (Å²) in [6, 6.07) is 16.8. The second kappa shape index (κ2) is 3.38. The SMILES string of the molecule is [O-]n1c(-c2ccccc2)nc2ccccc21. The van der Waals surface area contributed by atoms with E-state index in [1.165, 1.54) is 0 Å². The van der Waals surface area contributed by atoms with E-state index in [2.05, 4.69) is 4.98 Å². The van der Waals surface area contributed by atoms with E-state index in [1.54, 1.807) is 6.07 Å². The Morgan fingerprint density at radius 2 is 1.56 bits per heavy atom. The van der Waals surface area contributed by atoms with Crippen LogP contribution in [0.15, 0.2) is 54.6 Å². The van der Waals surface area contributed by atoms with Crippen LogP contribution in [0.2, 0.25) is 0 Å². The third kappa shape index (κ3) is 1.26. The Bertz CT molecular complexity index is 629. The van der Waals surface area contributed by atoms with E-state index in [0.717, 1.165) is 15.8 Å². The molecule has 16 heavy (non-hydrogen) atoms. The molecule has 0 aliphatic heterocycles. The van der Waals surface area contributed by atoms with Crippen molar-refractivity contribution in [3.63, 3.8) is 0 Å². The van der Waals surface area contributed by atoms with Gasteiger partial charge in [-0.15, -0.1) is 0 Å². The lowest BCUT2D eigenvalue weighted by molar-refractivity contribution is 1.12. The number of hydrogen-bond donors (Lipinski definition) is 0. The molecule has 1 aromatic heterocycles. The Hall–Kier alpha value is -2.29. The van der Waals surface area contributed by atoms with Crippen molar-refractivity contribution in [2.45, 2.75) is 0 Å². The normalized spacial score (nSPS) is 10.8. The van der Waals surface area contributed by atoms with Crippen LogP contribution in [0.1, 0.15) is 0 Å². The molecule has 3 nitrogen and oxygen atoms in total. The fourth-order valence-corrected chi connectivity index (χ4v) is 1.77. The first-order valence-corrected chi connectivity index (χ1v) is 5.07. The minimum Gasteiger partial charge on any atom is -0.804 e. The number of imidazole rings is 1. The molecule has 0 aliphatic carbocycles. The molecule has 0 fully saturated rings. The van der Waals surface area contributed by atoms with Crippen molar-refractivity contribution in [2.24, 2.45) is 0 Å². The van der Waals surface area contributed by atoms with E-state index >= 15 is 0 Å². The van der Waals surface area contributed by atoms with Crippen molar-refractivity contribution in [3.8, 4) is 11.4 Å². The van der Waals surface area contributed by atoms with Crippen LogP contribution >= 0.6 is 0 Å². The Labute approximate surface area is 92.6 Å². The quantitative estimate of drug-likeness (QED) is 0.618. The summed E-state index contributed by atoms with van der Waals surface area (Å²) in [5.41, 5.74) is 2.19. The van der Waals surface area contributed by atoms with Gasteiger partial charge in [-0.2, -0.15) is 0 Å². The maximum absolute atomic E-state index is 12.0. The van der Waals surface area contributed by atoms with E-state index in [0.29, 0.717) is 11.3 Å². The summed E-state index contributed by atoms with van der Waals surface area (Å²) in [6.07, 6.45) is 0. The first-order valence-electron chi connectivity index (χ1n) is 5.07. The van der Waals surface area contributed by atoms with Gasteiger partial charge in [0.25, 0.3) is 0 Å². The first kappa shape index (κ1) is 8.97. The van der Waals surface area contributed by atoms with Gasteiger partial charge in [-0.3, -0.25) is 0 Å². The second-order valence-electron chi connectivity index (χ2n) is 3.58. The molecule has 0 spiro atoms. The molecule has 0 radical (unpaired) electrons. The topological polar surface area (TPSA) is 40.9 Å². The summed E-state index contributed by atoms with van der Waals surface area (Å²) < 4.78 is 0.880. The molecule has 0 bridgehead atoms. The lowest BCUT2D eigenvalue weighted by Crippen LogP contribution is -1.89. The molecule has 0 unspecified atom stereocenters. The van der Waals surface area contributed by atoms with Crippen LogP contribution in [0.25, 0.3) is 22.4 Å².